The van der Waals surface area contributed by atoms with Gasteiger partial charge in [-0.3, -0.25) is 13.9 Å². The van der Waals surface area contributed by atoms with E-state index in [1.807, 2.05) is 71.0 Å². The average molecular weight is 580 g/mol. The molecule has 0 radical (unpaired) electrons. The zero-order chi connectivity index (χ0) is 30.2. The number of aryl methyl sites for hydroxylation is 2. The lowest BCUT2D eigenvalue weighted by Gasteiger charge is -2.34. The number of anilines is 1. The summed E-state index contributed by atoms with van der Waals surface area (Å²) in [5.41, 5.74) is 2.79. The monoisotopic (exact) mass is 579 g/mol. The topological polar surface area (TPSA) is 96.0 Å². The molecule has 3 rings (SSSR count). The molecule has 0 unspecified atom stereocenters. The fourth-order valence-electron chi connectivity index (χ4n) is 4.49. The first kappa shape index (κ1) is 31.7. The van der Waals surface area contributed by atoms with Gasteiger partial charge in [-0.2, -0.15) is 0 Å². The summed E-state index contributed by atoms with van der Waals surface area (Å²) in [5, 5.41) is 2.99. The number of methoxy groups -OCH3 is 1. The number of hydrogen-bond donors (Lipinski definition) is 1. The number of sulfonamides is 1. The second-order valence-electron chi connectivity index (χ2n) is 10.2. The Labute approximate surface area is 244 Å². The van der Waals surface area contributed by atoms with Crippen molar-refractivity contribution < 1.29 is 22.7 Å². The van der Waals surface area contributed by atoms with E-state index in [2.05, 4.69) is 5.32 Å². The Hall–Kier alpha value is -3.85. The number of ether oxygens (including phenoxy) is 1. The number of rotatable bonds is 13. The zero-order valence-electron chi connectivity index (χ0n) is 24.8. The van der Waals surface area contributed by atoms with Crippen molar-refractivity contribution in [2.45, 2.75) is 71.0 Å². The van der Waals surface area contributed by atoms with Gasteiger partial charge in [0.05, 0.1) is 17.7 Å². The van der Waals surface area contributed by atoms with Gasteiger partial charge in [0, 0.05) is 12.6 Å². The molecular weight excluding hydrogens is 538 g/mol. The van der Waals surface area contributed by atoms with Gasteiger partial charge in [0.15, 0.2) is 0 Å². The van der Waals surface area contributed by atoms with Crippen LogP contribution in [-0.4, -0.2) is 50.9 Å². The lowest BCUT2D eigenvalue weighted by atomic mass is 10.1. The van der Waals surface area contributed by atoms with Crippen LogP contribution < -0.4 is 14.4 Å². The maximum absolute atomic E-state index is 14.2. The first-order valence-electron chi connectivity index (χ1n) is 13.9. The largest absolute Gasteiger partial charge is 0.495 e. The van der Waals surface area contributed by atoms with Crippen LogP contribution in [0, 0.1) is 13.8 Å². The highest BCUT2D eigenvalue weighted by Crippen LogP contribution is 2.34. The molecule has 0 aliphatic heterocycles. The molecule has 0 aromatic heterocycles. The fourth-order valence-corrected chi connectivity index (χ4v) is 5.90. The van der Waals surface area contributed by atoms with E-state index in [1.165, 1.54) is 24.1 Å². The highest BCUT2D eigenvalue weighted by molar-refractivity contribution is 7.92. The van der Waals surface area contributed by atoms with Crippen LogP contribution in [0.5, 0.6) is 5.75 Å². The van der Waals surface area contributed by atoms with Crippen LogP contribution in [0.15, 0.2) is 77.7 Å². The van der Waals surface area contributed by atoms with Crippen molar-refractivity contribution in [1.82, 2.24) is 10.2 Å². The summed E-state index contributed by atoms with van der Waals surface area (Å²) in [6.07, 6.45) is 1.10. The van der Waals surface area contributed by atoms with Crippen molar-refractivity contribution in [2.24, 2.45) is 0 Å². The molecule has 0 bridgehead atoms. The summed E-state index contributed by atoms with van der Waals surface area (Å²) in [7, 11) is -2.73. The molecule has 220 valence electrons. The van der Waals surface area contributed by atoms with Crippen LogP contribution in [0.1, 0.15) is 50.3 Å². The minimum atomic E-state index is -4.19. The summed E-state index contributed by atoms with van der Waals surface area (Å²) in [4.78, 5) is 29.1. The Kier molecular flexibility index (Phi) is 10.9. The van der Waals surface area contributed by atoms with Crippen molar-refractivity contribution >= 4 is 27.5 Å². The third-order valence-electron chi connectivity index (χ3n) is 7.07. The van der Waals surface area contributed by atoms with E-state index in [-0.39, 0.29) is 29.1 Å². The smallest absolute Gasteiger partial charge is 0.264 e. The van der Waals surface area contributed by atoms with Crippen molar-refractivity contribution in [3.8, 4) is 5.75 Å². The number of carbonyl (C=O) groups is 2. The van der Waals surface area contributed by atoms with Crippen LogP contribution in [0.3, 0.4) is 0 Å². The van der Waals surface area contributed by atoms with Crippen molar-refractivity contribution in [3.63, 3.8) is 0 Å². The molecule has 0 aliphatic carbocycles. The minimum Gasteiger partial charge on any atom is -0.495 e. The molecule has 3 aromatic rings. The first-order valence-corrected chi connectivity index (χ1v) is 15.3. The van der Waals surface area contributed by atoms with Crippen molar-refractivity contribution in [1.29, 1.82) is 0 Å². The van der Waals surface area contributed by atoms with Crippen LogP contribution in [0.4, 0.5) is 5.69 Å². The SMILES string of the molecule is CC[C@H](C(=O)N[C@@H](C)CC)N(Cc1ccccc1)C(=O)CN(c1cc(C)ccc1OC)S(=O)(=O)c1ccc(C)cc1. The van der Waals surface area contributed by atoms with Crippen LogP contribution in [-0.2, 0) is 26.2 Å². The second-order valence-corrected chi connectivity index (χ2v) is 12.1. The van der Waals surface area contributed by atoms with Gasteiger partial charge in [0.25, 0.3) is 10.0 Å². The molecule has 0 saturated heterocycles. The van der Waals surface area contributed by atoms with Gasteiger partial charge in [0.2, 0.25) is 11.8 Å². The van der Waals surface area contributed by atoms with E-state index in [0.717, 1.165) is 27.4 Å². The highest BCUT2D eigenvalue weighted by Gasteiger charge is 2.35. The first-order chi connectivity index (χ1) is 19.5. The second kappa shape index (κ2) is 14.2. The molecule has 0 heterocycles. The Bertz CT molecular complexity index is 1430. The molecule has 0 saturated carbocycles. The zero-order valence-corrected chi connectivity index (χ0v) is 25.6. The number of amides is 2. The van der Waals surface area contributed by atoms with Crippen LogP contribution in [0.25, 0.3) is 0 Å². The van der Waals surface area contributed by atoms with Crippen molar-refractivity contribution in [2.75, 3.05) is 18.0 Å². The Morgan fingerprint density at radius 2 is 1.54 bits per heavy atom. The Morgan fingerprint density at radius 3 is 2.12 bits per heavy atom. The summed E-state index contributed by atoms with van der Waals surface area (Å²) < 4.78 is 34.9. The van der Waals surface area contributed by atoms with Crippen molar-refractivity contribution in [3.05, 3.63) is 89.5 Å². The molecule has 2 amide bonds. The predicted octanol–water partition coefficient (Wildman–Crippen LogP) is 5.23. The number of nitrogens with zero attached hydrogens (tertiary/aromatic N) is 2. The predicted molar refractivity (Wildman–Crippen MR) is 162 cm³/mol. The van der Waals surface area contributed by atoms with E-state index < -0.39 is 28.5 Å². The van der Waals surface area contributed by atoms with Crippen LogP contribution in [0.2, 0.25) is 0 Å². The van der Waals surface area contributed by atoms with Gasteiger partial charge in [-0.05, 0) is 69.0 Å². The maximum atomic E-state index is 14.2. The Balaban J connectivity index is 2.11. The van der Waals surface area contributed by atoms with Gasteiger partial charge in [-0.1, -0.05) is 67.9 Å². The van der Waals surface area contributed by atoms with E-state index in [0.29, 0.717) is 12.2 Å². The van der Waals surface area contributed by atoms with E-state index >= 15 is 0 Å². The third-order valence-corrected chi connectivity index (χ3v) is 8.85. The molecule has 0 fully saturated rings. The van der Waals surface area contributed by atoms with Gasteiger partial charge < -0.3 is 15.0 Å². The summed E-state index contributed by atoms with van der Waals surface area (Å²) in [6, 6.07) is 20.2. The molecule has 0 aliphatic rings. The molecule has 41 heavy (non-hydrogen) atoms. The normalized spacial score (nSPS) is 12.7. The van der Waals surface area contributed by atoms with Crippen LogP contribution >= 0.6 is 0 Å². The third kappa shape index (κ3) is 7.88. The molecule has 1 N–H and O–H groups in total. The molecule has 8 nitrogen and oxygen atoms in total. The minimum absolute atomic E-state index is 0.0515. The molecular formula is C32H41N3O5S. The van der Waals surface area contributed by atoms with E-state index in [4.69, 9.17) is 4.74 Å². The Morgan fingerprint density at radius 1 is 0.902 bits per heavy atom. The van der Waals surface area contributed by atoms with Gasteiger partial charge in [-0.15, -0.1) is 0 Å². The molecule has 0 spiro atoms. The molecule has 9 heteroatoms. The lowest BCUT2D eigenvalue weighted by Crippen LogP contribution is -2.53. The highest BCUT2D eigenvalue weighted by atomic mass is 32.2. The molecule has 3 aromatic carbocycles. The molecule has 2 atom stereocenters. The number of nitrogens with one attached hydrogen (secondary N) is 1. The number of benzene rings is 3. The maximum Gasteiger partial charge on any atom is 0.264 e. The lowest BCUT2D eigenvalue weighted by molar-refractivity contribution is -0.140. The van der Waals surface area contributed by atoms with E-state index in [9.17, 15) is 18.0 Å². The summed E-state index contributed by atoms with van der Waals surface area (Å²) >= 11 is 0. The van der Waals surface area contributed by atoms with Gasteiger partial charge in [-0.25, -0.2) is 8.42 Å². The fraction of sp³-hybridized carbons (Fsp3) is 0.375. The quantitative estimate of drug-likeness (QED) is 0.299. The summed E-state index contributed by atoms with van der Waals surface area (Å²) in [6.45, 7) is 9.07. The summed E-state index contributed by atoms with van der Waals surface area (Å²) in [5.74, 6) is -0.457. The standard InChI is InChI=1S/C32H41N3O5S/c1-7-25(5)33-32(37)28(8-2)34(21-26-12-10-9-11-13-26)31(36)22-35(29-20-24(4)16-19-30(29)40-6)41(38,39)27-17-14-23(3)15-18-27/h9-20,25,28H,7-8,21-22H2,1-6H3,(H,33,37)/t25-,28+/m0/s1. The number of carbonyl (C=O) groups excluding carboxylic acids is 2. The van der Waals surface area contributed by atoms with E-state index in [1.54, 1.807) is 24.3 Å². The average Bonchev–Trinajstić information content (AvgIpc) is 2.96. The van der Waals surface area contributed by atoms with Gasteiger partial charge in [0.1, 0.15) is 18.3 Å². The van der Waals surface area contributed by atoms with Gasteiger partial charge >= 0.3 is 0 Å². The number of hydrogen-bond acceptors (Lipinski definition) is 5.